The Balaban J connectivity index is 1.84. The fourth-order valence-corrected chi connectivity index (χ4v) is 3.05. The van der Waals surface area contributed by atoms with Crippen LogP contribution in [-0.2, 0) is 0 Å². The molecule has 1 aromatic heterocycles. The lowest BCUT2D eigenvalue weighted by Gasteiger charge is -2.22. The summed E-state index contributed by atoms with van der Waals surface area (Å²) in [5.41, 5.74) is 10.5. The number of nitrogens with two attached hydrogens (primary N) is 1. The molecule has 3 N–H and O–H groups in total. The first kappa shape index (κ1) is 12.3. The molecule has 0 atom stereocenters. The Morgan fingerprint density at radius 1 is 1.11 bits per heavy atom. The van der Waals surface area contributed by atoms with Gasteiger partial charge >= 0.3 is 0 Å². The van der Waals surface area contributed by atoms with Gasteiger partial charge in [-0.1, -0.05) is 43.5 Å². The van der Waals surface area contributed by atoms with E-state index in [9.17, 15) is 0 Å². The van der Waals surface area contributed by atoms with Crippen LogP contribution in [0.2, 0.25) is 0 Å². The van der Waals surface area contributed by atoms with Crippen LogP contribution in [0, 0.1) is 6.92 Å². The third kappa shape index (κ3) is 2.37. The van der Waals surface area contributed by atoms with Gasteiger partial charge in [0.2, 0.25) is 0 Å². The highest BCUT2D eigenvalue weighted by Gasteiger charge is 2.15. The van der Waals surface area contributed by atoms with Crippen LogP contribution in [0.3, 0.4) is 0 Å². The van der Waals surface area contributed by atoms with E-state index in [1.807, 2.05) is 6.92 Å². The van der Waals surface area contributed by atoms with Crippen molar-refractivity contribution in [3.05, 3.63) is 35.4 Å². The number of aromatic amines is 1. The second-order valence-corrected chi connectivity index (χ2v) is 5.57. The number of benzene rings is 1. The number of nitrogen functional groups attached to an aromatic ring is 1. The number of hydrogen-bond acceptors (Lipinski definition) is 2. The molecule has 0 aliphatic heterocycles. The van der Waals surface area contributed by atoms with E-state index in [0.717, 1.165) is 17.2 Å². The number of rotatable bonds is 2. The van der Waals surface area contributed by atoms with Crippen LogP contribution in [0.5, 0.6) is 0 Å². The van der Waals surface area contributed by atoms with Crippen LogP contribution in [0.1, 0.15) is 49.1 Å². The van der Waals surface area contributed by atoms with Crippen LogP contribution in [0.15, 0.2) is 24.3 Å². The van der Waals surface area contributed by atoms with E-state index in [0.29, 0.717) is 5.82 Å². The van der Waals surface area contributed by atoms with Gasteiger partial charge in [0.15, 0.2) is 0 Å². The van der Waals surface area contributed by atoms with E-state index in [4.69, 9.17) is 5.73 Å². The van der Waals surface area contributed by atoms with E-state index < -0.39 is 0 Å². The fourth-order valence-electron chi connectivity index (χ4n) is 3.05. The van der Waals surface area contributed by atoms with E-state index >= 15 is 0 Å². The van der Waals surface area contributed by atoms with Gasteiger partial charge in [0.05, 0.1) is 5.69 Å². The maximum absolute atomic E-state index is 5.78. The summed E-state index contributed by atoms with van der Waals surface area (Å²) in [4.78, 5) is 0. The van der Waals surface area contributed by atoms with E-state index in [2.05, 4.69) is 34.5 Å². The number of anilines is 1. The molecule has 100 valence electrons. The third-order valence-electron chi connectivity index (χ3n) is 4.32. The molecule has 1 heterocycles. The Kier molecular flexibility index (Phi) is 3.28. The number of nitrogens with one attached hydrogen (secondary N) is 1. The summed E-state index contributed by atoms with van der Waals surface area (Å²) in [5.74, 6) is 1.35. The quantitative estimate of drug-likeness (QED) is 0.851. The summed E-state index contributed by atoms with van der Waals surface area (Å²) in [7, 11) is 0. The summed E-state index contributed by atoms with van der Waals surface area (Å²) in [6, 6.07) is 8.90. The average molecular weight is 255 g/mol. The molecule has 1 fully saturated rings. The molecule has 3 rings (SSSR count). The Hall–Kier alpha value is -1.77. The van der Waals surface area contributed by atoms with Gasteiger partial charge in [-0.3, -0.25) is 5.10 Å². The molecule has 3 nitrogen and oxygen atoms in total. The highest BCUT2D eigenvalue weighted by Crippen LogP contribution is 2.33. The summed E-state index contributed by atoms with van der Waals surface area (Å²) >= 11 is 0. The molecule has 0 saturated heterocycles. The predicted molar refractivity (Wildman–Crippen MR) is 79.0 cm³/mol. The van der Waals surface area contributed by atoms with Gasteiger partial charge in [-0.25, -0.2) is 0 Å². The molecule has 19 heavy (non-hydrogen) atoms. The lowest BCUT2D eigenvalue weighted by Crippen LogP contribution is -2.04. The Morgan fingerprint density at radius 2 is 1.79 bits per heavy atom. The molecule has 1 aromatic carbocycles. The van der Waals surface area contributed by atoms with Crippen molar-refractivity contribution in [1.29, 1.82) is 0 Å². The van der Waals surface area contributed by atoms with Crippen LogP contribution in [0.25, 0.3) is 11.3 Å². The highest BCUT2D eigenvalue weighted by atomic mass is 15.2. The van der Waals surface area contributed by atoms with E-state index in [1.54, 1.807) is 0 Å². The molecule has 0 radical (unpaired) electrons. The predicted octanol–water partition coefficient (Wildman–Crippen LogP) is 4.02. The Bertz CT molecular complexity index is 548. The minimum Gasteiger partial charge on any atom is -0.382 e. The Morgan fingerprint density at radius 3 is 2.37 bits per heavy atom. The zero-order valence-electron chi connectivity index (χ0n) is 11.4. The zero-order valence-corrected chi connectivity index (χ0v) is 11.4. The smallest absolute Gasteiger partial charge is 0.148 e. The van der Waals surface area contributed by atoms with Gasteiger partial charge in [0, 0.05) is 5.56 Å². The molecule has 0 amide bonds. The van der Waals surface area contributed by atoms with Crippen molar-refractivity contribution in [2.45, 2.75) is 44.9 Å². The third-order valence-corrected chi connectivity index (χ3v) is 4.32. The van der Waals surface area contributed by atoms with Gasteiger partial charge in [-0.05, 0) is 36.8 Å². The van der Waals surface area contributed by atoms with E-state index in [1.165, 1.54) is 43.2 Å². The maximum atomic E-state index is 5.78. The Labute approximate surface area is 114 Å². The molecule has 1 aliphatic rings. The number of H-pyrrole nitrogens is 1. The number of nitrogens with zero attached hydrogens (tertiary/aromatic N) is 1. The lowest BCUT2D eigenvalue weighted by molar-refractivity contribution is 0.443. The first-order chi connectivity index (χ1) is 9.25. The van der Waals surface area contributed by atoms with Crippen molar-refractivity contribution in [2.75, 3.05) is 5.73 Å². The molecular formula is C16H21N3. The maximum Gasteiger partial charge on any atom is 0.148 e. The summed E-state index contributed by atoms with van der Waals surface area (Å²) in [6.07, 6.45) is 6.84. The summed E-state index contributed by atoms with van der Waals surface area (Å²) < 4.78 is 0. The summed E-state index contributed by atoms with van der Waals surface area (Å²) in [5, 5.41) is 7.07. The monoisotopic (exact) mass is 255 g/mol. The average Bonchev–Trinajstić information content (AvgIpc) is 2.80. The van der Waals surface area contributed by atoms with Gasteiger partial charge in [-0.15, -0.1) is 0 Å². The van der Waals surface area contributed by atoms with Gasteiger partial charge in [0.1, 0.15) is 5.82 Å². The standard InChI is InChI=1S/C16H21N3/c1-11-15(18-19-16(11)17)14-9-7-13(8-10-14)12-5-3-2-4-6-12/h7-10,12H,2-6H2,1H3,(H3,17,18,19). The molecule has 0 bridgehead atoms. The van der Waals surface area contributed by atoms with Gasteiger partial charge < -0.3 is 5.73 Å². The molecule has 3 heteroatoms. The zero-order chi connectivity index (χ0) is 13.2. The van der Waals surface area contributed by atoms with Crippen molar-refractivity contribution >= 4 is 5.82 Å². The molecule has 1 saturated carbocycles. The minimum absolute atomic E-state index is 0.589. The minimum atomic E-state index is 0.589. The second-order valence-electron chi connectivity index (χ2n) is 5.57. The molecule has 0 unspecified atom stereocenters. The molecular weight excluding hydrogens is 234 g/mol. The van der Waals surface area contributed by atoms with Crippen LogP contribution in [0.4, 0.5) is 5.82 Å². The summed E-state index contributed by atoms with van der Waals surface area (Å²) in [6.45, 7) is 2.00. The van der Waals surface area contributed by atoms with Crippen LogP contribution < -0.4 is 5.73 Å². The second kappa shape index (κ2) is 5.08. The van der Waals surface area contributed by atoms with Crippen molar-refractivity contribution in [1.82, 2.24) is 10.2 Å². The largest absolute Gasteiger partial charge is 0.382 e. The van der Waals surface area contributed by atoms with E-state index in [-0.39, 0.29) is 0 Å². The first-order valence-corrected chi connectivity index (χ1v) is 7.16. The molecule has 2 aromatic rings. The van der Waals surface area contributed by atoms with Crippen molar-refractivity contribution < 1.29 is 0 Å². The van der Waals surface area contributed by atoms with Crippen molar-refractivity contribution in [3.8, 4) is 11.3 Å². The number of aromatic nitrogens is 2. The fraction of sp³-hybridized carbons (Fsp3) is 0.438. The van der Waals surface area contributed by atoms with Gasteiger partial charge in [0.25, 0.3) is 0 Å². The number of hydrogen-bond donors (Lipinski definition) is 2. The van der Waals surface area contributed by atoms with Gasteiger partial charge in [-0.2, -0.15) is 5.10 Å². The van der Waals surface area contributed by atoms with Crippen LogP contribution >= 0.6 is 0 Å². The normalized spacial score (nSPS) is 16.7. The molecule has 0 spiro atoms. The lowest BCUT2D eigenvalue weighted by atomic mass is 9.84. The topological polar surface area (TPSA) is 54.7 Å². The highest BCUT2D eigenvalue weighted by molar-refractivity contribution is 5.67. The first-order valence-electron chi connectivity index (χ1n) is 7.16. The van der Waals surface area contributed by atoms with Crippen molar-refractivity contribution in [3.63, 3.8) is 0 Å². The molecule has 1 aliphatic carbocycles. The van der Waals surface area contributed by atoms with Crippen molar-refractivity contribution in [2.24, 2.45) is 0 Å². The van der Waals surface area contributed by atoms with Crippen LogP contribution in [-0.4, -0.2) is 10.2 Å². The SMILES string of the molecule is Cc1c(N)n[nH]c1-c1ccc(C2CCCCC2)cc1.